The molecule has 3 heteroatoms. The van der Waals surface area contributed by atoms with Crippen molar-refractivity contribution in [1.29, 1.82) is 0 Å². The van der Waals surface area contributed by atoms with Crippen LogP contribution in [-0.2, 0) is 4.79 Å². The number of rotatable bonds is 3. The Balaban J connectivity index is 2.10. The molecule has 1 aliphatic rings. The van der Waals surface area contributed by atoms with Gasteiger partial charge >= 0.3 is 0 Å². The fraction of sp³-hybridized carbons (Fsp3) is 0.462. The molecule has 1 aromatic carbocycles. The van der Waals surface area contributed by atoms with Crippen molar-refractivity contribution in [3.63, 3.8) is 0 Å². The lowest BCUT2D eigenvalue weighted by atomic mass is 9.68. The lowest BCUT2D eigenvalue weighted by molar-refractivity contribution is -0.133. The molecule has 0 saturated heterocycles. The fourth-order valence-corrected chi connectivity index (χ4v) is 2.03. The minimum absolute atomic E-state index is 0.0458. The van der Waals surface area contributed by atoms with E-state index in [4.69, 9.17) is 0 Å². The van der Waals surface area contributed by atoms with Gasteiger partial charge in [0, 0.05) is 5.69 Å². The van der Waals surface area contributed by atoms with Crippen LogP contribution in [0, 0.1) is 12.3 Å². The number of carbonyl (C=O) groups excluding carboxylic acids is 1. The van der Waals surface area contributed by atoms with E-state index >= 15 is 0 Å². The smallest absolute Gasteiger partial charge is 0.232 e. The van der Waals surface area contributed by atoms with Gasteiger partial charge in [-0.05, 0) is 31.4 Å². The van der Waals surface area contributed by atoms with Gasteiger partial charge < -0.3 is 10.4 Å². The van der Waals surface area contributed by atoms with Crippen LogP contribution in [0.5, 0.6) is 0 Å². The van der Waals surface area contributed by atoms with Crippen LogP contribution in [0.2, 0.25) is 0 Å². The molecule has 2 N–H and O–H groups in total. The Morgan fingerprint density at radius 2 is 2.12 bits per heavy atom. The molecule has 1 aliphatic carbocycles. The molecule has 0 aromatic heterocycles. The highest BCUT2D eigenvalue weighted by molar-refractivity contribution is 5.96. The summed E-state index contributed by atoms with van der Waals surface area (Å²) in [6.45, 7) is 1.91. The van der Waals surface area contributed by atoms with Crippen molar-refractivity contribution in [2.24, 2.45) is 5.41 Å². The standard InChI is InChI=1S/C13H17NO2/c1-10-5-2-3-6-11(10)14-12(16)13(9-15)7-4-8-13/h2-3,5-6,15H,4,7-9H2,1H3,(H,14,16). The van der Waals surface area contributed by atoms with Gasteiger partial charge in [-0.2, -0.15) is 0 Å². The molecule has 1 amide bonds. The number of anilines is 1. The zero-order chi connectivity index (χ0) is 11.6. The second kappa shape index (κ2) is 4.26. The lowest BCUT2D eigenvalue weighted by Crippen LogP contribution is -2.44. The van der Waals surface area contributed by atoms with Crippen LogP contribution < -0.4 is 5.32 Å². The maximum Gasteiger partial charge on any atom is 0.232 e. The zero-order valence-electron chi connectivity index (χ0n) is 9.49. The summed E-state index contributed by atoms with van der Waals surface area (Å²) in [5, 5.41) is 12.2. The predicted octanol–water partition coefficient (Wildman–Crippen LogP) is 2.10. The van der Waals surface area contributed by atoms with Crippen LogP contribution in [0.4, 0.5) is 5.69 Å². The predicted molar refractivity (Wildman–Crippen MR) is 63.2 cm³/mol. The van der Waals surface area contributed by atoms with Crippen LogP contribution in [-0.4, -0.2) is 17.6 Å². The van der Waals surface area contributed by atoms with E-state index in [2.05, 4.69) is 5.32 Å². The zero-order valence-corrected chi connectivity index (χ0v) is 9.49. The van der Waals surface area contributed by atoms with Gasteiger partial charge in [0.25, 0.3) is 0 Å². The number of amides is 1. The molecule has 0 spiro atoms. The van der Waals surface area contributed by atoms with E-state index in [0.29, 0.717) is 0 Å². The van der Waals surface area contributed by atoms with Gasteiger partial charge in [0.15, 0.2) is 0 Å². The van der Waals surface area contributed by atoms with Crippen LogP contribution in [0.3, 0.4) is 0 Å². The molecule has 16 heavy (non-hydrogen) atoms. The minimum Gasteiger partial charge on any atom is -0.395 e. The topological polar surface area (TPSA) is 49.3 Å². The summed E-state index contributed by atoms with van der Waals surface area (Å²) >= 11 is 0. The summed E-state index contributed by atoms with van der Waals surface area (Å²) in [6, 6.07) is 7.68. The fourth-order valence-electron chi connectivity index (χ4n) is 2.03. The van der Waals surface area contributed by atoms with E-state index in [1.54, 1.807) is 0 Å². The molecule has 1 fully saturated rings. The SMILES string of the molecule is Cc1ccccc1NC(=O)C1(CO)CCC1. The Morgan fingerprint density at radius 1 is 1.44 bits per heavy atom. The average molecular weight is 219 g/mol. The van der Waals surface area contributed by atoms with Gasteiger partial charge in [-0.1, -0.05) is 24.6 Å². The van der Waals surface area contributed by atoms with Gasteiger partial charge in [-0.3, -0.25) is 4.79 Å². The van der Waals surface area contributed by atoms with Gasteiger partial charge in [-0.25, -0.2) is 0 Å². The number of hydrogen-bond acceptors (Lipinski definition) is 2. The Morgan fingerprint density at radius 3 is 2.62 bits per heavy atom. The third-order valence-electron chi connectivity index (χ3n) is 3.49. The van der Waals surface area contributed by atoms with Gasteiger partial charge in [0.1, 0.15) is 0 Å². The molecule has 0 unspecified atom stereocenters. The highest BCUT2D eigenvalue weighted by Gasteiger charge is 2.43. The van der Waals surface area contributed by atoms with Crippen molar-refractivity contribution in [2.45, 2.75) is 26.2 Å². The number of benzene rings is 1. The van der Waals surface area contributed by atoms with Crippen LogP contribution >= 0.6 is 0 Å². The van der Waals surface area contributed by atoms with Crippen molar-refractivity contribution in [3.8, 4) is 0 Å². The van der Waals surface area contributed by atoms with Crippen molar-refractivity contribution in [1.82, 2.24) is 0 Å². The van der Waals surface area contributed by atoms with Crippen LogP contribution in [0.25, 0.3) is 0 Å². The molecule has 0 atom stereocenters. The highest BCUT2D eigenvalue weighted by Crippen LogP contribution is 2.41. The summed E-state index contributed by atoms with van der Waals surface area (Å²) in [6.07, 6.45) is 2.62. The second-order valence-electron chi connectivity index (χ2n) is 4.56. The summed E-state index contributed by atoms with van der Waals surface area (Å²) < 4.78 is 0. The Kier molecular flexibility index (Phi) is 2.97. The summed E-state index contributed by atoms with van der Waals surface area (Å²) in [5.74, 6) is -0.0458. The van der Waals surface area contributed by atoms with E-state index in [0.717, 1.165) is 30.5 Å². The lowest BCUT2D eigenvalue weighted by Gasteiger charge is -2.38. The molecule has 2 rings (SSSR count). The Labute approximate surface area is 95.5 Å². The summed E-state index contributed by atoms with van der Waals surface area (Å²) in [5.41, 5.74) is 1.36. The molecule has 3 nitrogen and oxygen atoms in total. The Bertz CT molecular complexity index is 391. The number of hydrogen-bond donors (Lipinski definition) is 2. The first-order chi connectivity index (χ1) is 7.68. The first-order valence-electron chi connectivity index (χ1n) is 5.66. The maximum absolute atomic E-state index is 12.0. The molecule has 0 aliphatic heterocycles. The number of aliphatic hydroxyl groups is 1. The van der Waals surface area contributed by atoms with Gasteiger partial charge in [0.2, 0.25) is 5.91 Å². The summed E-state index contributed by atoms with van der Waals surface area (Å²) in [7, 11) is 0. The van der Waals surface area contributed by atoms with Gasteiger partial charge in [-0.15, -0.1) is 0 Å². The largest absolute Gasteiger partial charge is 0.395 e. The molecule has 0 radical (unpaired) electrons. The number of nitrogens with one attached hydrogen (secondary N) is 1. The van der Waals surface area contributed by atoms with E-state index in [1.807, 2.05) is 31.2 Å². The second-order valence-corrected chi connectivity index (χ2v) is 4.56. The van der Waals surface area contributed by atoms with Crippen molar-refractivity contribution in [3.05, 3.63) is 29.8 Å². The number of carbonyl (C=O) groups is 1. The van der Waals surface area contributed by atoms with E-state index in [1.165, 1.54) is 0 Å². The number of aliphatic hydroxyl groups excluding tert-OH is 1. The average Bonchev–Trinajstić information content (AvgIpc) is 2.21. The Hall–Kier alpha value is -1.35. The third-order valence-corrected chi connectivity index (χ3v) is 3.49. The van der Waals surface area contributed by atoms with Crippen molar-refractivity contribution in [2.75, 3.05) is 11.9 Å². The third kappa shape index (κ3) is 1.83. The van der Waals surface area contributed by atoms with Crippen molar-refractivity contribution >= 4 is 11.6 Å². The highest BCUT2D eigenvalue weighted by atomic mass is 16.3. The first kappa shape index (κ1) is 11.1. The molecule has 1 aromatic rings. The molecule has 0 heterocycles. The molecule has 0 bridgehead atoms. The van der Waals surface area contributed by atoms with Crippen molar-refractivity contribution < 1.29 is 9.90 Å². The van der Waals surface area contributed by atoms with Crippen LogP contribution in [0.1, 0.15) is 24.8 Å². The quantitative estimate of drug-likeness (QED) is 0.817. The van der Waals surface area contributed by atoms with Crippen LogP contribution in [0.15, 0.2) is 24.3 Å². The normalized spacial score (nSPS) is 17.6. The molecular formula is C13H17NO2. The monoisotopic (exact) mass is 219 g/mol. The van der Waals surface area contributed by atoms with Gasteiger partial charge in [0.05, 0.1) is 12.0 Å². The number of para-hydroxylation sites is 1. The number of aryl methyl sites for hydroxylation is 1. The molecule has 1 saturated carbocycles. The minimum atomic E-state index is -0.526. The summed E-state index contributed by atoms with van der Waals surface area (Å²) in [4.78, 5) is 12.0. The first-order valence-corrected chi connectivity index (χ1v) is 5.66. The molecular weight excluding hydrogens is 202 g/mol. The van der Waals surface area contributed by atoms with E-state index < -0.39 is 5.41 Å². The van der Waals surface area contributed by atoms with E-state index in [9.17, 15) is 9.90 Å². The molecule has 86 valence electrons. The maximum atomic E-state index is 12.0. The van der Waals surface area contributed by atoms with E-state index in [-0.39, 0.29) is 12.5 Å².